The molecular formula is C12H21NOS. The molecule has 2 nitrogen and oxygen atoms in total. The van der Waals surface area contributed by atoms with E-state index in [0.717, 1.165) is 26.3 Å². The van der Waals surface area contributed by atoms with Gasteiger partial charge in [0.1, 0.15) is 0 Å². The first-order valence-corrected chi connectivity index (χ1v) is 6.62. The molecule has 0 saturated carbocycles. The topological polar surface area (TPSA) is 21.3 Å². The summed E-state index contributed by atoms with van der Waals surface area (Å²) in [5, 5.41) is 5.46. The second-order valence-corrected chi connectivity index (χ2v) is 4.62. The van der Waals surface area contributed by atoms with E-state index in [4.69, 9.17) is 4.74 Å². The smallest absolute Gasteiger partial charge is 0.0809 e. The molecule has 1 aromatic rings. The highest BCUT2D eigenvalue weighted by molar-refractivity contribution is 7.09. The van der Waals surface area contributed by atoms with Gasteiger partial charge in [-0.25, -0.2) is 0 Å². The van der Waals surface area contributed by atoms with Crippen LogP contribution in [0.2, 0.25) is 0 Å². The summed E-state index contributed by atoms with van der Waals surface area (Å²) in [6, 6.07) is 4.17. The first-order chi connectivity index (χ1) is 7.43. The molecule has 0 unspecified atom stereocenters. The Kier molecular flexibility index (Phi) is 7.52. The highest BCUT2D eigenvalue weighted by Crippen LogP contribution is 2.08. The maximum atomic E-state index is 5.53. The van der Waals surface area contributed by atoms with Gasteiger partial charge in [0.2, 0.25) is 0 Å². The lowest BCUT2D eigenvalue weighted by Gasteiger charge is -2.04. The largest absolute Gasteiger partial charge is 0.375 e. The number of ether oxygens (including phenoxy) is 1. The van der Waals surface area contributed by atoms with Gasteiger partial charge in [-0.3, -0.25) is 0 Å². The SMILES string of the molecule is CCCCCNCCOCc1cccs1. The summed E-state index contributed by atoms with van der Waals surface area (Å²) in [5.74, 6) is 0. The van der Waals surface area contributed by atoms with Gasteiger partial charge in [-0.15, -0.1) is 11.3 Å². The van der Waals surface area contributed by atoms with Crippen LogP contribution in [0.5, 0.6) is 0 Å². The van der Waals surface area contributed by atoms with Gasteiger partial charge in [0.15, 0.2) is 0 Å². The lowest BCUT2D eigenvalue weighted by molar-refractivity contribution is 0.125. The van der Waals surface area contributed by atoms with Crippen molar-refractivity contribution < 1.29 is 4.74 Å². The van der Waals surface area contributed by atoms with E-state index in [1.807, 2.05) is 0 Å². The molecule has 0 amide bonds. The number of nitrogens with one attached hydrogen (secondary N) is 1. The van der Waals surface area contributed by atoms with Crippen molar-refractivity contribution in [2.45, 2.75) is 32.8 Å². The molecule has 15 heavy (non-hydrogen) atoms. The molecule has 0 atom stereocenters. The van der Waals surface area contributed by atoms with Gasteiger partial charge >= 0.3 is 0 Å². The van der Waals surface area contributed by atoms with Crippen molar-refractivity contribution in [2.24, 2.45) is 0 Å². The normalized spacial score (nSPS) is 10.7. The fourth-order valence-corrected chi connectivity index (χ4v) is 1.98. The molecule has 1 rings (SSSR count). The fourth-order valence-electron chi connectivity index (χ4n) is 1.34. The van der Waals surface area contributed by atoms with Crippen LogP contribution in [-0.4, -0.2) is 19.7 Å². The summed E-state index contributed by atoms with van der Waals surface area (Å²) < 4.78 is 5.53. The van der Waals surface area contributed by atoms with Gasteiger partial charge < -0.3 is 10.1 Å². The first kappa shape index (κ1) is 12.7. The zero-order valence-electron chi connectivity index (χ0n) is 9.50. The van der Waals surface area contributed by atoms with Crippen molar-refractivity contribution in [2.75, 3.05) is 19.7 Å². The Labute approximate surface area is 96.7 Å². The van der Waals surface area contributed by atoms with E-state index in [2.05, 4.69) is 29.8 Å². The van der Waals surface area contributed by atoms with Gasteiger partial charge in [0, 0.05) is 11.4 Å². The van der Waals surface area contributed by atoms with Gasteiger partial charge in [-0.2, -0.15) is 0 Å². The number of rotatable bonds is 9. The molecule has 86 valence electrons. The van der Waals surface area contributed by atoms with E-state index >= 15 is 0 Å². The second-order valence-electron chi connectivity index (χ2n) is 3.59. The number of thiophene rings is 1. The Bertz CT molecular complexity index is 224. The van der Waals surface area contributed by atoms with E-state index in [0.29, 0.717) is 0 Å². The second kappa shape index (κ2) is 8.89. The van der Waals surface area contributed by atoms with E-state index in [9.17, 15) is 0 Å². The van der Waals surface area contributed by atoms with Crippen LogP contribution in [0, 0.1) is 0 Å². The molecule has 1 N–H and O–H groups in total. The van der Waals surface area contributed by atoms with Crippen molar-refractivity contribution in [3.05, 3.63) is 22.4 Å². The Morgan fingerprint density at radius 1 is 1.33 bits per heavy atom. The quantitative estimate of drug-likeness (QED) is 0.655. The molecule has 0 saturated heterocycles. The minimum Gasteiger partial charge on any atom is -0.375 e. The van der Waals surface area contributed by atoms with Crippen LogP contribution in [0.1, 0.15) is 31.1 Å². The Morgan fingerprint density at radius 2 is 2.27 bits per heavy atom. The predicted molar refractivity (Wildman–Crippen MR) is 66.4 cm³/mol. The summed E-state index contributed by atoms with van der Waals surface area (Å²) >= 11 is 1.75. The van der Waals surface area contributed by atoms with Gasteiger partial charge in [-0.05, 0) is 24.4 Å². The molecule has 0 radical (unpaired) electrons. The standard InChI is InChI=1S/C12H21NOS/c1-2-3-4-7-13-8-9-14-11-12-6-5-10-15-12/h5-6,10,13H,2-4,7-9,11H2,1H3. The van der Waals surface area contributed by atoms with Crippen molar-refractivity contribution in [3.63, 3.8) is 0 Å². The van der Waals surface area contributed by atoms with Crippen molar-refractivity contribution in [3.8, 4) is 0 Å². The van der Waals surface area contributed by atoms with E-state index in [1.165, 1.54) is 24.1 Å². The number of hydrogen-bond acceptors (Lipinski definition) is 3. The Balaban J connectivity index is 1.81. The molecule has 0 aliphatic rings. The lowest BCUT2D eigenvalue weighted by Crippen LogP contribution is -2.20. The third-order valence-electron chi connectivity index (χ3n) is 2.20. The van der Waals surface area contributed by atoms with Gasteiger partial charge in [0.25, 0.3) is 0 Å². The third-order valence-corrected chi connectivity index (χ3v) is 3.05. The first-order valence-electron chi connectivity index (χ1n) is 5.74. The summed E-state index contributed by atoms with van der Waals surface area (Å²) in [7, 11) is 0. The van der Waals surface area contributed by atoms with Crippen molar-refractivity contribution in [1.29, 1.82) is 0 Å². The minimum absolute atomic E-state index is 0.758. The lowest BCUT2D eigenvalue weighted by atomic mass is 10.2. The molecule has 0 aromatic carbocycles. The molecule has 0 bridgehead atoms. The average molecular weight is 227 g/mol. The third kappa shape index (κ3) is 6.66. The number of hydrogen-bond donors (Lipinski definition) is 1. The summed E-state index contributed by atoms with van der Waals surface area (Å²) in [4.78, 5) is 1.31. The average Bonchev–Trinajstić information content (AvgIpc) is 2.75. The molecule has 1 heterocycles. The van der Waals surface area contributed by atoms with Crippen LogP contribution in [0.25, 0.3) is 0 Å². The molecule has 0 aliphatic carbocycles. The van der Waals surface area contributed by atoms with Crippen LogP contribution in [0.3, 0.4) is 0 Å². The maximum absolute atomic E-state index is 5.53. The van der Waals surface area contributed by atoms with Crippen molar-refractivity contribution in [1.82, 2.24) is 5.32 Å². The number of unbranched alkanes of at least 4 members (excludes halogenated alkanes) is 2. The maximum Gasteiger partial charge on any atom is 0.0809 e. The highest BCUT2D eigenvalue weighted by atomic mass is 32.1. The molecule has 3 heteroatoms. The minimum atomic E-state index is 0.758. The van der Waals surface area contributed by atoms with Gasteiger partial charge in [0.05, 0.1) is 13.2 Å². The van der Waals surface area contributed by atoms with E-state index in [-0.39, 0.29) is 0 Å². The van der Waals surface area contributed by atoms with Crippen LogP contribution >= 0.6 is 11.3 Å². The van der Waals surface area contributed by atoms with Crippen molar-refractivity contribution >= 4 is 11.3 Å². The molecule has 1 aromatic heterocycles. The van der Waals surface area contributed by atoms with E-state index in [1.54, 1.807) is 11.3 Å². The van der Waals surface area contributed by atoms with Crippen LogP contribution in [0.15, 0.2) is 17.5 Å². The fraction of sp³-hybridized carbons (Fsp3) is 0.667. The van der Waals surface area contributed by atoms with Crippen LogP contribution < -0.4 is 5.32 Å². The van der Waals surface area contributed by atoms with E-state index < -0.39 is 0 Å². The highest BCUT2D eigenvalue weighted by Gasteiger charge is 1.93. The predicted octanol–water partition coefficient (Wildman–Crippen LogP) is 3.04. The summed E-state index contributed by atoms with van der Waals surface area (Å²) in [6.07, 6.45) is 3.89. The zero-order chi connectivity index (χ0) is 10.8. The molecule has 0 spiro atoms. The Hall–Kier alpha value is -0.380. The van der Waals surface area contributed by atoms with Gasteiger partial charge in [-0.1, -0.05) is 25.8 Å². The van der Waals surface area contributed by atoms with Crippen LogP contribution in [0.4, 0.5) is 0 Å². The zero-order valence-corrected chi connectivity index (χ0v) is 10.3. The van der Waals surface area contributed by atoms with Crippen LogP contribution in [-0.2, 0) is 11.3 Å². The molecule has 0 fully saturated rings. The summed E-state index contributed by atoms with van der Waals surface area (Å²) in [6.45, 7) is 5.88. The monoisotopic (exact) mass is 227 g/mol. The Morgan fingerprint density at radius 3 is 3.00 bits per heavy atom. The summed E-state index contributed by atoms with van der Waals surface area (Å²) in [5.41, 5.74) is 0. The molecule has 0 aliphatic heterocycles. The molecular weight excluding hydrogens is 206 g/mol.